The second kappa shape index (κ2) is 32.4. The Labute approximate surface area is 599 Å². The molecular formula is C76H72N10O15S2. The third-order valence-electron chi connectivity index (χ3n) is 17.2. The largest absolute Gasteiger partial charge is 0.508 e. The topological polar surface area (TPSA) is 312 Å². The predicted molar refractivity (Wildman–Crippen MR) is 387 cm³/mol. The number of hydrogen-bond acceptors (Lipinski definition) is 22. The van der Waals surface area contributed by atoms with Crippen molar-refractivity contribution in [3.05, 3.63) is 180 Å². The van der Waals surface area contributed by atoms with Crippen LogP contribution in [0.25, 0.3) is 63.8 Å². The van der Waals surface area contributed by atoms with Crippen molar-refractivity contribution >= 4 is 102 Å². The zero-order valence-corrected chi connectivity index (χ0v) is 58.3. The van der Waals surface area contributed by atoms with Crippen LogP contribution in [0.1, 0.15) is 70.4 Å². The first-order valence-corrected chi connectivity index (χ1v) is 34.8. The number of thiazole rings is 2. The van der Waals surface area contributed by atoms with Crippen molar-refractivity contribution in [1.82, 2.24) is 40.4 Å². The Hall–Kier alpha value is -11.5. The molecule has 6 amide bonds. The van der Waals surface area contributed by atoms with Crippen LogP contribution in [0.3, 0.4) is 0 Å². The summed E-state index contributed by atoms with van der Waals surface area (Å²) in [7, 11) is 7.89. The van der Waals surface area contributed by atoms with Gasteiger partial charge in [-0.25, -0.2) is 19.9 Å². The first kappa shape index (κ1) is 71.3. The van der Waals surface area contributed by atoms with Crippen molar-refractivity contribution in [3.63, 3.8) is 0 Å². The monoisotopic (exact) mass is 1430 g/mol. The highest BCUT2D eigenvalue weighted by Crippen LogP contribution is 2.37. The van der Waals surface area contributed by atoms with E-state index in [1.807, 2.05) is 92.8 Å². The number of benzene rings is 6. The Bertz CT molecular complexity index is 4820. The number of pyridine rings is 2. The molecule has 2 atom stereocenters. The van der Waals surface area contributed by atoms with Crippen molar-refractivity contribution in [1.29, 1.82) is 0 Å². The van der Waals surface area contributed by atoms with Gasteiger partial charge < -0.3 is 53.5 Å². The fourth-order valence-electron chi connectivity index (χ4n) is 11.8. The number of carboxylic acid groups (broad SMARTS) is 1. The number of amides is 6. The molecule has 0 bridgehead atoms. The van der Waals surface area contributed by atoms with Gasteiger partial charge in [0.1, 0.15) is 69.9 Å². The highest BCUT2D eigenvalue weighted by atomic mass is 32.1. The molecule has 14 rings (SSSR count). The summed E-state index contributed by atoms with van der Waals surface area (Å²) in [5.41, 5.74) is 10.7. The summed E-state index contributed by atoms with van der Waals surface area (Å²) in [5, 5.41) is 24.5. The number of aliphatic carboxylic acids is 1. The van der Waals surface area contributed by atoms with E-state index in [0.717, 1.165) is 86.6 Å². The fourth-order valence-corrected chi connectivity index (χ4v) is 13.8. The molecule has 4 N–H and O–H groups in total. The second-order valence-electron chi connectivity index (χ2n) is 24.8. The molecule has 4 aliphatic rings. The van der Waals surface area contributed by atoms with E-state index in [9.17, 15) is 43.5 Å². The van der Waals surface area contributed by atoms with E-state index < -0.39 is 35.8 Å². The number of carbonyl (C=O) groups is 8. The van der Waals surface area contributed by atoms with Crippen LogP contribution >= 0.6 is 22.7 Å². The van der Waals surface area contributed by atoms with Gasteiger partial charge in [-0.05, 0) is 126 Å². The summed E-state index contributed by atoms with van der Waals surface area (Å²) >= 11 is 3.11. The lowest BCUT2D eigenvalue weighted by molar-refractivity contribution is -0.139. The molecule has 8 heterocycles. The van der Waals surface area contributed by atoms with Crippen LogP contribution in [0.5, 0.6) is 23.0 Å². The predicted octanol–water partition coefficient (Wildman–Crippen LogP) is 10.4. The van der Waals surface area contributed by atoms with Gasteiger partial charge in [0.2, 0.25) is 23.6 Å². The van der Waals surface area contributed by atoms with Crippen molar-refractivity contribution in [2.75, 3.05) is 77.6 Å². The van der Waals surface area contributed by atoms with Gasteiger partial charge in [0.05, 0.1) is 59.7 Å². The number of carboxylic acids is 1. The van der Waals surface area contributed by atoms with E-state index in [1.165, 1.54) is 21.1 Å². The first-order valence-electron chi connectivity index (χ1n) is 33.1. The highest BCUT2D eigenvalue weighted by molar-refractivity contribution is 7.22. The molecule has 103 heavy (non-hydrogen) atoms. The van der Waals surface area contributed by atoms with Gasteiger partial charge in [-0.2, -0.15) is 0 Å². The molecule has 2 unspecified atom stereocenters. The number of piperidine rings is 2. The maximum Gasteiger partial charge on any atom is 0.313 e. The minimum atomic E-state index is -0.917. The van der Waals surface area contributed by atoms with Crippen LogP contribution in [-0.4, -0.2) is 167 Å². The Balaban J connectivity index is 0.000000161. The number of esters is 1. The number of carbonyl (C=O) groups excluding carboxylic acids is 7. The molecule has 2 fully saturated rings. The van der Waals surface area contributed by atoms with E-state index in [2.05, 4.69) is 74.1 Å². The number of phenols is 1. The smallest absolute Gasteiger partial charge is 0.313 e. The van der Waals surface area contributed by atoms with Crippen molar-refractivity contribution in [2.45, 2.75) is 63.7 Å². The quantitative estimate of drug-likeness (QED) is 0.0200. The Morgan fingerprint density at radius 3 is 1.39 bits per heavy atom. The van der Waals surface area contributed by atoms with Crippen molar-refractivity contribution < 1.29 is 72.3 Å². The van der Waals surface area contributed by atoms with E-state index in [-0.39, 0.29) is 108 Å². The van der Waals surface area contributed by atoms with Gasteiger partial charge >= 0.3 is 11.9 Å². The first-order chi connectivity index (χ1) is 49.8. The molecule has 0 aliphatic carbocycles. The van der Waals surface area contributed by atoms with E-state index in [4.69, 9.17) is 33.8 Å². The normalized spacial score (nSPS) is 15.3. The summed E-state index contributed by atoms with van der Waals surface area (Å²) in [5.74, 6) is 0.372. The molecule has 4 aliphatic heterocycles. The Morgan fingerprint density at radius 2 is 0.942 bits per heavy atom. The summed E-state index contributed by atoms with van der Waals surface area (Å²) in [6, 6.07) is 44.3. The maximum atomic E-state index is 12.9. The number of hydrogen-bond donors (Lipinski definition) is 4. The number of nitrogens with zero attached hydrogens (tertiary/aromatic N) is 8. The number of phenolic OH excluding ortho intramolecular Hbond substituents is 1. The molecule has 0 saturated carbocycles. The molecule has 27 heteroatoms. The van der Waals surface area contributed by atoms with Crippen LogP contribution in [0.15, 0.2) is 158 Å². The van der Waals surface area contributed by atoms with E-state index >= 15 is 0 Å². The van der Waals surface area contributed by atoms with Crippen LogP contribution in [0, 0.1) is 0 Å². The number of rotatable bonds is 23. The number of nitrogens with one attached hydrogen (secondary N) is 2. The lowest BCUT2D eigenvalue weighted by Gasteiger charge is -2.29. The van der Waals surface area contributed by atoms with Gasteiger partial charge in [-0.3, -0.25) is 49.0 Å². The summed E-state index contributed by atoms with van der Waals surface area (Å²) in [4.78, 5) is 121. The molecule has 528 valence electrons. The van der Waals surface area contributed by atoms with Gasteiger partial charge in [-0.1, -0.05) is 48.5 Å². The fraction of sp³-hybridized carbons (Fsp3) is 0.263. The third kappa shape index (κ3) is 17.6. The number of fused-ring (bicyclic) bond motifs is 4. The summed E-state index contributed by atoms with van der Waals surface area (Å²) < 4.78 is 29.6. The summed E-state index contributed by atoms with van der Waals surface area (Å²) in [6.07, 6.45) is 4.83. The molecule has 4 aromatic heterocycles. The van der Waals surface area contributed by atoms with Crippen LogP contribution in [0.2, 0.25) is 0 Å². The Kier molecular flexibility index (Phi) is 22.4. The Morgan fingerprint density at radius 1 is 0.505 bits per heavy atom. The standard InChI is InChI=1S/C38H35N5O7S.C20H17N3OS.C18H20N2O7/c1-42(2)33-13-7-25(21-39-33)23-3-5-24(6-4-23)37-40-30-11-9-28(20-32(30)51-37)50-35(45)15-16-48-17-18-49-27-8-10-29-26(19-27)22-43(38(29)47)31-12-14-34(44)41-36(31)46;1-23(2)19-10-7-15(12-21-19)13-3-5-14(6-4-13)20-22-17-9-8-16(24)11-18(17)25-20;21-15-4-3-14(17(24)19-15)20-10-11-9-12(1-2-13(11)18(20)25)27-8-7-26-6-5-16(22)23/h3-11,13,19-21,31H,12,14-18,22H2,1-2H3,(H,41,44,46);3-12,24H,1-2H3;1-2,9,14H,3-8,10H2,(H,22,23)(H,19,21,24). The van der Waals surface area contributed by atoms with Crippen LogP contribution in [-0.2, 0) is 51.3 Å². The van der Waals surface area contributed by atoms with Gasteiger partial charge in [0.15, 0.2) is 0 Å². The maximum absolute atomic E-state index is 12.9. The second-order valence-corrected chi connectivity index (χ2v) is 26.9. The number of ether oxygens (including phenoxy) is 5. The van der Waals surface area contributed by atoms with E-state index in [0.29, 0.717) is 41.2 Å². The third-order valence-corrected chi connectivity index (χ3v) is 19.3. The summed E-state index contributed by atoms with van der Waals surface area (Å²) in [6.45, 7) is 1.85. The zero-order valence-electron chi connectivity index (χ0n) is 56.7. The molecule has 2 saturated heterocycles. The van der Waals surface area contributed by atoms with Crippen LogP contribution < -0.4 is 34.6 Å². The van der Waals surface area contributed by atoms with Crippen molar-refractivity contribution in [2.24, 2.45) is 0 Å². The molecule has 0 radical (unpaired) electrons. The average molecular weight is 1430 g/mol. The molecule has 10 aromatic rings. The molecular weight excluding hydrogens is 1360 g/mol. The van der Waals surface area contributed by atoms with Crippen molar-refractivity contribution in [3.8, 4) is 66.4 Å². The lowest BCUT2D eigenvalue weighted by Crippen LogP contribution is -2.52. The minimum absolute atomic E-state index is 0.0584. The zero-order chi connectivity index (χ0) is 72.3. The number of aromatic nitrogens is 4. The SMILES string of the molecule is CN(C)c1ccc(-c2ccc(-c3nc4ccc(O)cc4s3)cc2)cn1.CN(C)c1ccc(-c2ccc(-c3nc4ccc(OC(=O)CCOCCOc5ccc6c(c5)CN(C5CCC(=O)NC5=O)C6=O)cc4s3)cc2)cn1.O=C(O)CCOCCOc1ccc2c(c1)CN(C1CCC(=O)NC1=O)C2=O. The van der Waals surface area contributed by atoms with Gasteiger partial charge in [0.25, 0.3) is 11.8 Å². The molecule has 0 spiro atoms. The number of anilines is 2. The van der Waals surface area contributed by atoms with Crippen LogP contribution in [0.4, 0.5) is 11.6 Å². The average Bonchev–Trinajstić information content (AvgIpc) is 1.64. The number of aromatic hydroxyl groups is 1. The minimum Gasteiger partial charge on any atom is -0.508 e. The highest BCUT2D eigenvalue weighted by Gasteiger charge is 2.41. The number of imide groups is 2. The van der Waals surface area contributed by atoms with Gasteiger partial charge in [-0.15, -0.1) is 22.7 Å². The molecule has 25 nitrogen and oxygen atoms in total. The lowest BCUT2D eigenvalue weighted by atomic mass is 10.0. The molecule has 6 aromatic carbocycles. The van der Waals surface area contributed by atoms with E-state index in [1.54, 1.807) is 65.9 Å². The van der Waals surface area contributed by atoms with Gasteiger partial charge in [0, 0.05) is 106 Å².